The Morgan fingerprint density at radius 3 is 1.62 bits per heavy atom. The molecule has 8 nitrogen and oxygen atoms in total. The average molecular weight is 462 g/mol. The van der Waals surface area contributed by atoms with Crippen molar-refractivity contribution in [2.45, 2.75) is 13.2 Å². The van der Waals surface area contributed by atoms with Crippen LogP contribution in [-0.2, 0) is 41.9 Å². The summed E-state index contributed by atoms with van der Waals surface area (Å²) in [5.74, 6) is -2.70. The molecule has 34 heavy (non-hydrogen) atoms. The van der Waals surface area contributed by atoms with Gasteiger partial charge in [0.15, 0.2) is 11.5 Å². The fraction of sp³-hybridized carbons (Fsp3) is 0.0769. The van der Waals surface area contributed by atoms with Crippen molar-refractivity contribution in [3.63, 3.8) is 0 Å². The van der Waals surface area contributed by atoms with Crippen molar-refractivity contribution in [2.75, 3.05) is 0 Å². The fourth-order valence-corrected chi connectivity index (χ4v) is 2.65. The summed E-state index contributed by atoms with van der Waals surface area (Å²) < 4.78 is 20.6. The van der Waals surface area contributed by atoms with Crippen LogP contribution >= 0.6 is 0 Å². The minimum absolute atomic E-state index is 0.0111. The van der Waals surface area contributed by atoms with Crippen molar-refractivity contribution in [3.05, 3.63) is 98.1 Å². The molecule has 0 spiro atoms. The molecule has 2 rings (SSSR count). The van der Waals surface area contributed by atoms with E-state index in [9.17, 15) is 19.2 Å². The number of benzene rings is 2. The second kappa shape index (κ2) is 12.4. The lowest BCUT2D eigenvalue weighted by molar-refractivity contribution is -0.140. The normalized spacial score (nSPS) is 9.76. The molecule has 2 aromatic carbocycles. The molecule has 0 saturated heterocycles. The van der Waals surface area contributed by atoms with E-state index < -0.39 is 23.9 Å². The molecule has 0 amide bonds. The molecule has 174 valence electrons. The first-order valence-corrected chi connectivity index (χ1v) is 9.84. The summed E-state index contributed by atoms with van der Waals surface area (Å²) in [6, 6.07) is 9.75. The molecule has 0 aliphatic rings. The Bertz CT molecular complexity index is 1160. The fourth-order valence-electron chi connectivity index (χ4n) is 2.65. The summed E-state index contributed by atoms with van der Waals surface area (Å²) in [5.41, 5.74) is 2.42. The average Bonchev–Trinajstić information content (AvgIpc) is 2.86. The molecule has 0 aliphatic carbocycles. The predicted molar refractivity (Wildman–Crippen MR) is 124 cm³/mol. The molecule has 0 unspecified atom stereocenters. The van der Waals surface area contributed by atoms with Gasteiger partial charge in [-0.3, -0.25) is 0 Å². The van der Waals surface area contributed by atoms with E-state index in [0.717, 1.165) is 24.3 Å². The number of carbonyl (C=O) groups is 4. The van der Waals surface area contributed by atoms with Gasteiger partial charge in [-0.1, -0.05) is 44.5 Å². The molecule has 0 fully saturated rings. The van der Waals surface area contributed by atoms with Gasteiger partial charge in [0, 0.05) is 24.3 Å². The van der Waals surface area contributed by atoms with E-state index >= 15 is 0 Å². The lowest BCUT2D eigenvalue weighted by atomic mass is 9.99. The molecular formula is C26H22O8. The predicted octanol–water partition coefficient (Wildman–Crippen LogP) is 3.99. The lowest BCUT2D eigenvalue weighted by Crippen LogP contribution is -2.08. The van der Waals surface area contributed by atoms with Gasteiger partial charge in [-0.05, 0) is 40.5 Å². The van der Waals surface area contributed by atoms with E-state index in [1.807, 2.05) is 0 Å². The van der Waals surface area contributed by atoms with Gasteiger partial charge in [-0.15, -0.1) is 0 Å². The van der Waals surface area contributed by atoms with Gasteiger partial charge in [0.25, 0.3) is 0 Å². The lowest BCUT2D eigenvalue weighted by Gasteiger charge is -2.14. The van der Waals surface area contributed by atoms with E-state index in [-0.39, 0.29) is 24.7 Å². The molecule has 0 aliphatic heterocycles. The third-order valence-electron chi connectivity index (χ3n) is 4.31. The molecule has 0 N–H and O–H groups in total. The maximum absolute atomic E-state index is 11.8. The highest BCUT2D eigenvalue weighted by molar-refractivity contribution is 5.87. The van der Waals surface area contributed by atoms with Crippen LogP contribution in [0.2, 0.25) is 0 Å². The van der Waals surface area contributed by atoms with E-state index in [0.29, 0.717) is 22.3 Å². The van der Waals surface area contributed by atoms with Crippen molar-refractivity contribution in [2.24, 2.45) is 0 Å². The monoisotopic (exact) mass is 462 g/mol. The van der Waals surface area contributed by atoms with Crippen LogP contribution in [0.25, 0.3) is 11.1 Å². The molecule has 0 atom stereocenters. The van der Waals surface area contributed by atoms with Crippen LogP contribution in [0.3, 0.4) is 0 Å². The van der Waals surface area contributed by atoms with Crippen molar-refractivity contribution in [1.82, 2.24) is 0 Å². The first-order valence-electron chi connectivity index (χ1n) is 9.84. The van der Waals surface area contributed by atoms with Gasteiger partial charge in [0.2, 0.25) is 0 Å². The number of rotatable bonds is 11. The van der Waals surface area contributed by atoms with Gasteiger partial charge in [-0.25, -0.2) is 19.2 Å². The summed E-state index contributed by atoms with van der Waals surface area (Å²) >= 11 is 0. The van der Waals surface area contributed by atoms with Crippen molar-refractivity contribution in [1.29, 1.82) is 0 Å². The summed E-state index contributed by atoms with van der Waals surface area (Å²) in [6.07, 6.45) is 4.02. The van der Waals surface area contributed by atoms with Gasteiger partial charge >= 0.3 is 23.9 Å². The zero-order chi connectivity index (χ0) is 25.1. The second-order valence-corrected chi connectivity index (χ2v) is 6.52. The van der Waals surface area contributed by atoms with Crippen molar-refractivity contribution >= 4 is 23.9 Å². The second-order valence-electron chi connectivity index (χ2n) is 6.52. The van der Waals surface area contributed by atoms with Gasteiger partial charge in [0.1, 0.15) is 13.2 Å². The van der Waals surface area contributed by atoms with Crippen molar-refractivity contribution in [3.8, 4) is 22.6 Å². The van der Waals surface area contributed by atoms with E-state index in [4.69, 9.17) is 18.9 Å². The zero-order valence-electron chi connectivity index (χ0n) is 18.3. The Balaban J connectivity index is 2.47. The van der Waals surface area contributed by atoms with Crippen molar-refractivity contribution < 1.29 is 38.1 Å². The van der Waals surface area contributed by atoms with E-state index in [1.165, 1.54) is 12.1 Å². The number of carbonyl (C=O) groups excluding carboxylic acids is 4. The number of esters is 4. The third kappa shape index (κ3) is 7.16. The SMILES string of the molecule is C=CC(=O)OCc1ccc(-c2ccc(OC(=O)C=C)c(OC(=O)C=C)c2)cc1COC(=O)C=C. The number of ether oxygens (including phenoxy) is 4. The van der Waals surface area contributed by atoms with Gasteiger partial charge in [-0.2, -0.15) is 0 Å². The Hall–Kier alpha value is -4.72. The molecule has 0 radical (unpaired) electrons. The molecule has 0 saturated carbocycles. The van der Waals surface area contributed by atoms with Crippen LogP contribution < -0.4 is 9.47 Å². The molecule has 0 heterocycles. The smallest absolute Gasteiger partial charge is 0.335 e. The maximum Gasteiger partial charge on any atom is 0.335 e. The minimum Gasteiger partial charge on any atom is -0.458 e. The number of hydrogen-bond donors (Lipinski definition) is 0. The van der Waals surface area contributed by atoms with Crippen LogP contribution in [0.15, 0.2) is 87.0 Å². The molecule has 2 aromatic rings. The standard InChI is InChI=1S/C26H22O8/c1-5-23(27)31-15-19-10-9-17(13-20(19)16-32-24(28)6-2)18-11-12-21(33-25(29)7-3)22(14-18)34-26(30)8-4/h5-14H,1-4,15-16H2. The van der Waals surface area contributed by atoms with E-state index in [2.05, 4.69) is 26.3 Å². The summed E-state index contributed by atoms with van der Waals surface area (Å²) in [7, 11) is 0. The van der Waals surface area contributed by atoms with E-state index in [1.54, 1.807) is 24.3 Å². The summed E-state index contributed by atoms with van der Waals surface area (Å²) in [4.78, 5) is 46.4. The zero-order valence-corrected chi connectivity index (χ0v) is 18.3. The Morgan fingerprint density at radius 1 is 0.588 bits per heavy atom. The Labute approximate surface area is 196 Å². The number of hydrogen-bond acceptors (Lipinski definition) is 8. The van der Waals surface area contributed by atoms with Crippen LogP contribution in [0.4, 0.5) is 0 Å². The highest BCUT2D eigenvalue weighted by Gasteiger charge is 2.15. The molecule has 0 aromatic heterocycles. The van der Waals surface area contributed by atoms with Gasteiger partial charge < -0.3 is 18.9 Å². The van der Waals surface area contributed by atoms with Crippen LogP contribution in [-0.4, -0.2) is 23.9 Å². The Kier molecular flexibility index (Phi) is 9.28. The third-order valence-corrected chi connectivity index (χ3v) is 4.31. The maximum atomic E-state index is 11.8. The molecular weight excluding hydrogens is 440 g/mol. The quantitative estimate of drug-likeness (QED) is 0.280. The summed E-state index contributed by atoms with van der Waals surface area (Å²) in [5, 5.41) is 0. The first-order chi connectivity index (χ1) is 16.3. The highest BCUT2D eigenvalue weighted by atomic mass is 16.6. The first kappa shape index (κ1) is 25.5. The molecule has 8 heteroatoms. The Morgan fingerprint density at radius 2 is 1.06 bits per heavy atom. The van der Waals surface area contributed by atoms with Crippen LogP contribution in [0.1, 0.15) is 11.1 Å². The van der Waals surface area contributed by atoms with Crippen LogP contribution in [0.5, 0.6) is 11.5 Å². The van der Waals surface area contributed by atoms with Gasteiger partial charge in [0.05, 0.1) is 0 Å². The largest absolute Gasteiger partial charge is 0.458 e. The summed E-state index contributed by atoms with van der Waals surface area (Å²) in [6.45, 7) is 13.2. The topological polar surface area (TPSA) is 105 Å². The highest BCUT2D eigenvalue weighted by Crippen LogP contribution is 2.34. The molecule has 0 bridgehead atoms. The minimum atomic E-state index is -0.746. The van der Waals surface area contributed by atoms with Crippen LogP contribution in [0, 0.1) is 0 Å².